The maximum Gasteiger partial charge on any atom is 0.200 e. The van der Waals surface area contributed by atoms with E-state index in [0.29, 0.717) is 21.9 Å². The molecule has 1 aliphatic carbocycles. The highest BCUT2D eigenvalue weighted by atomic mass is 16.3. The van der Waals surface area contributed by atoms with Crippen molar-refractivity contribution < 1.29 is 4.42 Å². The zero-order chi connectivity index (χ0) is 44.4. The van der Waals surface area contributed by atoms with Gasteiger partial charge in [-0.05, 0) is 141 Å². The molecule has 2 heterocycles. The van der Waals surface area contributed by atoms with Gasteiger partial charge < -0.3 is 14.2 Å². The zero-order valence-electron chi connectivity index (χ0n) is 36.1. The smallest absolute Gasteiger partial charge is 0.200 e. The molecule has 0 radical (unpaired) electrons. The number of fused-ring (bicyclic) bond motifs is 11. The van der Waals surface area contributed by atoms with E-state index in [9.17, 15) is 4.79 Å². The molecular formula is C62H42N2O2. The summed E-state index contributed by atoms with van der Waals surface area (Å²) in [5.74, 6) is 0. The van der Waals surface area contributed by atoms with Crippen molar-refractivity contribution in [2.45, 2.75) is 5.41 Å². The van der Waals surface area contributed by atoms with Gasteiger partial charge in [-0.25, -0.2) is 0 Å². The molecule has 1 aromatic heterocycles. The Morgan fingerprint density at radius 3 is 1.77 bits per heavy atom. The third-order valence-electron chi connectivity index (χ3n) is 13.4. The van der Waals surface area contributed by atoms with Crippen molar-refractivity contribution >= 4 is 50.4 Å². The average Bonchev–Trinajstić information content (AvgIpc) is 3.67. The van der Waals surface area contributed by atoms with Crippen LogP contribution >= 0.6 is 0 Å². The molecular weight excluding hydrogens is 805 g/mol. The summed E-state index contributed by atoms with van der Waals surface area (Å²) in [6, 6.07) is 75.0. The minimum atomic E-state index is -0.646. The van der Waals surface area contributed by atoms with Gasteiger partial charge in [-0.1, -0.05) is 159 Å². The van der Waals surface area contributed by atoms with Crippen molar-refractivity contribution in [1.29, 1.82) is 0 Å². The number of benzene rings is 9. The van der Waals surface area contributed by atoms with E-state index in [-0.39, 0.29) is 5.43 Å². The highest BCUT2D eigenvalue weighted by Crippen LogP contribution is 2.64. The predicted octanol–water partition coefficient (Wildman–Crippen LogP) is 15.8. The first-order valence-corrected chi connectivity index (χ1v) is 22.3. The Labute approximate surface area is 383 Å². The van der Waals surface area contributed by atoms with E-state index in [2.05, 4.69) is 187 Å². The van der Waals surface area contributed by atoms with Gasteiger partial charge in [0.1, 0.15) is 11.2 Å². The number of allylic oxidation sites excluding steroid dienone is 3. The molecule has 0 amide bonds. The summed E-state index contributed by atoms with van der Waals surface area (Å²) in [7, 11) is 0. The zero-order valence-corrected chi connectivity index (χ0v) is 36.1. The summed E-state index contributed by atoms with van der Waals surface area (Å²) in [6.07, 6.45) is 5.71. The van der Waals surface area contributed by atoms with Gasteiger partial charge in [0.25, 0.3) is 0 Å². The monoisotopic (exact) mass is 846 g/mol. The number of anilines is 5. The Kier molecular flexibility index (Phi) is 9.14. The Balaban J connectivity index is 1.07. The van der Waals surface area contributed by atoms with Crippen LogP contribution in [0.4, 0.5) is 28.4 Å². The first-order chi connectivity index (χ1) is 32.6. The second-order valence-corrected chi connectivity index (χ2v) is 16.9. The van der Waals surface area contributed by atoms with Crippen molar-refractivity contribution in [1.82, 2.24) is 0 Å². The van der Waals surface area contributed by atoms with Gasteiger partial charge in [0.2, 0.25) is 5.43 Å². The first-order valence-electron chi connectivity index (χ1n) is 22.3. The molecule has 0 bridgehead atoms. The fourth-order valence-corrected chi connectivity index (χ4v) is 10.5. The predicted molar refractivity (Wildman–Crippen MR) is 273 cm³/mol. The number of hydrogen-bond donors (Lipinski definition) is 0. The summed E-state index contributed by atoms with van der Waals surface area (Å²) < 4.78 is 6.24. The summed E-state index contributed by atoms with van der Waals surface area (Å²) in [5, 5.41) is 1.17. The summed E-state index contributed by atoms with van der Waals surface area (Å²) >= 11 is 0. The number of hydrogen-bond acceptors (Lipinski definition) is 4. The Morgan fingerprint density at radius 1 is 0.485 bits per heavy atom. The lowest BCUT2D eigenvalue weighted by atomic mass is 9.64. The molecule has 0 fully saturated rings. The van der Waals surface area contributed by atoms with Crippen LogP contribution in [0.25, 0.3) is 55.3 Å². The second-order valence-electron chi connectivity index (χ2n) is 16.9. The lowest BCUT2D eigenvalue weighted by Gasteiger charge is -2.45. The van der Waals surface area contributed by atoms with Crippen molar-refractivity contribution in [3.63, 3.8) is 0 Å². The van der Waals surface area contributed by atoms with Crippen LogP contribution < -0.4 is 15.2 Å². The SMILES string of the molecule is C=C/C=C(\C=C)N(c1ccccc1)c1ccc2c(c1)N(c1ccccc1)c1ccc(-c3ccc(-c4ccc5c(=O)c6ccccc6oc5c4)cc3)cc1C21c2ccccc2-c2ccccc21. The van der Waals surface area contributed by atoms with E-state index in [0.717, 1.165) is 56.4 Å². The molecule has 0 atom stereocenters. The second kappa shape index (κ2) is 15.5. The lowest BCUT2D eigenvalue weighted by molar-refractivity contribution is 0.660. The van der Waals surface area contributed by atoms with E-state index in [1.165, 1.54) is 33.4 Å². The summed E-state index contributed by atoms with van der Waals surface area (Å²) in [4.78, 5) is 18.0. The summed E-state index contributed by atoms with van der Waals surface area (Å²) in [5.41, 5.74) is 18.4. The van der Waals surface area contributed by atoms with E-state index in [1.807, 2.05) is 66.8 Å². The van der Waals surface area contributed by atoms with Crippen LogP contribution in [0, 0.1) is 0 Å². The Morgan fingerprint density at radius 2 is 1.08 bits per heavy atom. The van der Waals surface area contributed by atoms with Crippen molar-refractivity contribution in [2.75, 3.05) is 9.80 Å². The van der Waals surface area contributed by atoms with Crippen LogP contribution in [0.2, 0.25) is 0 Å². The van der Waals surface area contributed by atoms with Crippen molar-refractivity contribution in [2.24, 2.45) is 0 Å². The molecule has 2 aliphatic rings. The molecule has 0 N–H and O–H groups in total. The molecule has 10 aromatic rings. The van der Waals surface area contributed by atoms with Crippen LogP contribution in [0.3, 0.4) is 0 Å². The molecule has 0 saturated carbocycles. The Hall–Kier alpha value is -8.73. The lowest BCUT2D eigenvalue weighted by Crippen LogP contribution is -2.36. The largest absolute Gasteiger partial charge is 0.456 e. The van der Waals surface area contributed by atoms with Crippen molar-refractivity contribution in [3.05, 3.63) is 282 Å². The van der Waals surface area contributed by atoms with E-state index in [1.54, 1.807) is 0 Å². The number of rotatable bonds is 8. The van der Waals surface area contributed by atoms with Crippen molar-refractivity contribution in [3.8, 4) is 33.4 Å². The highest BCUT2D eigenvalue weighted by Gasteiger charge is 2.52. The molecule has 9 aromatic carbocycles. The van der Waals surface area contributed by atoms with Gasteiger partial charge >= 0.3 is 0 Å². The minimum Gasteiger partial charge on any atom is -0.456 e. The van der Waals surface area contributed by atoms with Gasteiger partial charge in [0.15, 0.2) is 0 Å². The first kappa shape index (κ1) is 38.9. The molecule has 312 valence electrons. The fraction of sp³-hybridized carbons (Fsp3) is 0.0161. The van der Waals surface area contributed by atoms with Crippen LogP contribution in [0.1, 0.15) is 22.3 Å². The summed E-state index contributed by atoms with van der Waals surface area (Å²) in [6.45, 7) is 8.28. The third-order valence-corrected chi connectivity index (χ3v) is 13.4. The molecule has 12 rings (SSSR count). The average molecular weight is 847 g/mol. The van der Waals surface area contributed by atoms with E-state index in [4.69, 9.17) is 4.42 Å². The molecule has 1 spiro atoms. The molecule has 66 heavy (non-hydrogen) atoms. The maximum atomic E-state index is 13.3. The van der Waals surface area contributed by atoms with Crippen LogP contribution in [0.15, 0.2) is 259 Å². The molecule has 4 heteroatoms. The van der Waals surface area contributed by atoms with Crippen LogP contribution in [0.5, 0.6) is 0 Å². The highest BCUT2D eigenvalue weighted by molar-refractivity contribution is 5.98. The van der Waals surface area contributed by atoms with E-state index < -0.39 is 5.41 Å². The molecule has 0 saturated heterocycles. The Bertz CT molecular complexity index is 3610. The van der Waals surface area contributed by atoms with Gasteiger partial charge in [0, 0.05) is 22.8 Å². The normalized spacial score (nSPS) is 13.2. The topological polar surface area (TPSA) is 36.7 Å². The fourth-order valence-electron chi connectivity index (χ4n) is 10.5. The minimum absolute atomic E-state index is 0.0167. The quantitative estimate of drug-likeness (QED) is 0.113. The third kappa shape index (κ3) is 5.89. The number of para-hydroxylation sites is 3. The van der Waals surface area contributed by atoms with Crippen LogP contribution in [-0.2, 0) is 5.41 Å². The maximum absolute atomic E-state index is 13.3. The standard InChI is InChI=1S/C62H42N2O2/c1-3-17-45(4-2)63(46-18-7-5-8-19-46)48-34-36-55-58(40-48)64(47-20-9-6-10-21-47)57-37-33-43(38-56(57)62(55)53-25-14-11-22-49(53)50-23-12-15-26-54(50)62)41-28-30-42(31-29-41)44-32-35-52-60(39-44)66-59-27-16-13-24-51(59)61(52)65/h3-40H,1-2H2/b45-17+. The van der Waals surface area contributed by atoms with Crippen LogP contribution in [-0.4, -0.2) is 0 Å². The number of nitrogens with zero attached hydrogens (tertiary/aromatic N) is 2. The molecule has 0 unspecified atom stereocenters. The van der Waals surface area contributed by atoms with E-state index >= 15 is 0 Å². The van der Waals surface area contributed by atoms with Gasteiger partial charge in [-0.3, -0.25) is 4.79 Å². The van der Waals surface area contributed by atoms with Gasteiger partial charge in [0.05, 0.1) is 27.6 Å². The molecule has 4 nitrogen and oxygen atoms in total. The molecule has 1 aliphatic heterocycles. The van der Waals surface area contributed by atoms with Gasteiger partial charge in [-0.15, -0.1) is 0 Å². The van der Waals surface area contributed by atoms with Gasteiger partial charge in [-0.2, -0.15) is 0 Å².